The number of carbonyl (C=O) groups excluding carboxylic acids is 1. The van der Waals surface area contributed by atoms with Crippen molar-refractivity contribution in [3.63, 3.8) is 0 Å². The molecule has 1 aliphatic rings. The van der Waals surface area contributed by atoms with Gasteiger partial charge in [0.05, 0.1) is 0 Å². The van der Waals surface area contributed by atoms with Crippen molar-refractivity contribution < 1.29 is 9.53 Å². The van der Waals surface area contributed by atoms with Gasteiger partial charge in [0.1, 0.15) is 5.75 Å². The normalized spacial score (nSPS) is 18.4. The fraction of sp³-hybridized carbons (Fsp3) is 0.350. The van der Waals surface area contributed by atoms with Gasteiger partial charge in [0.25, 0.3) is 0 Å². The third-order valence-corrected chi connectivity index (χ3v) is 4.50. The van der Waals surface area contributed by atoms with E-state index in [9.17, 15) is 4.79 Å². The van der Waals surface area contributed by atoms with E-state index in [1.165, 1.54) is 5.56 Å². The quantitative estimate of drug-likeness (QED) is 0.864. The molecule has 1 atom stereocenters. The summed E-state index contributed by atoms with van der Waals surface area (Å²) in [5.41, 5.74) is 1.36. The van der Waals surface area contributed by atoms with Gasteiger partial charge in [-0.3, -0.25) is 4.90 Å². The Kier molecular flexibility index (Phi) is 5.49. The molecule has 1 fully saturated rings. The smallest absolute Gasteiger partial charge is 0.410 e. The lowest BCUT2D eigenvalue weighted by molar-refractivity contribution is 0.0797. The van der Waals surface area contributed by atoms with Crippen LogP contribution in [-0.4, -0.2) is 48.1 Å². The molecule has 1 amide bonds. The van der Waals surface area contributed by atoms with Crippen LogP contribution in [0.15, 0.2) is 60.7 Å². The number of hydrogen-bond acceptors (Lipinski definition) is 3. The highest BCUT2D eigenvalue weighted by Gasteiger charge is 2.27. The van der Waals surface area contributed by atoms with E-state index in [-0.39, 0.29) is 6.09 Å². The monoisotopic (exact) mass is 324 g/mol. The molecule has 1 unspecified atom stereocenters. The van der Waals surface area contributed by atoms with Crippen molar-refractivity contribution in [2.45, 2.75) is 19.4 Å². The van der Waals surface area contributed by atoms with Crippen LogP contribution >= 0.6 is 0 Å². The minimum atomic E-state index is -0.254. The predicted octanol–water partition coefficient (Wildman–Crippen LogP) is 3.43. The molecule has 126 valence electrons. The molecule has 0 N–H and O–H groups in total. The standard InChI is InChI=1S/C20H24N2O2/c1-17-16-22(20(23)24-19-10-6-3-7-11-19)15-14-21(17)13-12-18-8-4-2-5-9-18/h2-11,17H,12-16H2,1H3. The zero-order valence-corrected chi connectivity index (χ0v) is 14.1. The summed E-state index contributed by atoms with van der Waals surface area (Å²) in [6.07, 6.45) is 0.787. The van der Waals surface area contributed by atoms with Crippen LogP contribution in [0.4, 0.5) is 4.79 Å². The van der Waals surface area contributed by atoms with Gasteiger partial charge in [0.2, 0.25) is 0 Å². The first-order valence-electron chi connectivity index (χ1n) is 8.52. The molecule has 24 heavy (non-hydrogen) atoms. The van der Waals surface area contributed by atoms with Crippen molar-refractivity contribution in [3.8, 4) is 5.75 Å². The third kappa shape index (κ3) is 4.36. The van der Waals surface area contributed by atoms with E-state index in [0.717, 1.165) is 19.5 Å². The van der Waals surface area contributed by atoms with E-state index in [0.29, 0.717) is 24.9 Å². The number of piperazine rings is 1. The summed E-state index contributed by atoms with van der Waals surface area (Å²) in [5, 5.41) is 0. The highest BCUT2D eigenvalue weighted by Crippen LogP contribution is 2.15. The maximum atomic E-state index is 12.3. The van der Waals surface area contributed by atoms with Crippen LogP contribution in [0.5, 0.6) is 5.75 Å². The molecule has 1 saturated heterocycles. The van der Waals surface area contributed by atoms with Gasteiger partial charge in [-0.1, -0.05) is 48.5 Å². The van der Waals surface area contributed by atoms with E-state index in [2.05, 4.69) is 36.1 Å². The predicted molar refractivity (Wildman–Crippen MR) is 95.2 cm³/mol. The van der Waals surface area contributed by atoms with Crippen LogP contribution in [-0.2, 0) is 6.42 Å². The largest absolute Gasteiger partial charge is 0.415 e. The molecule has 0 aliphatic carbocycles. The van der Waals surface area contributed by atoms with Crippen molar-refractivity contribution in [1.82, 2.24) is 9.80 Å². The zero-order valence-electron chi connectivity index (χ0n) is 14.1. The van der Waals surface area contributed by atoms with Crippen molar-refractivity contribution in [1.29, 1.82) is 0 Å². The number of rotatable bonds is 4. The van der Waals surface area contributed by atoms with Crippen LogP contribution in [0, 0.1) is 0 Å². The van der Waals surface area contributed by atoms with Crippen LogP contribution in [0.3, 0.4) is 0 Å². The molecule has 1 heterocycles. The molecule has 0 spiro atoms. The van der Waals surface area contributed by atoms with Crippen molar-refractivity contribution in [3.05, 3.63) is 66.2 Å². The lowest BCUT2D eigenvalue weighted by Crippen LogP contribution is -2.54. The molecular formula is C20H24N2O2. The third-order valence-electron chi connectivity index (χ3n) is 4.50. The lowest BCUT2D eigenvalue weighted by atomic mass is 10.1. The summed E-state index contributed by atoms with van der Waals surface area (Å²) >= 11 is 0. The summed E-state index contributed by atoms with van der Waals surface area (Å²) < 4.78 is 5.44. The lowest BCUT2D eigenvalue weighted by Gasteiger charge is -2.39. The minimum Gasteiger partial charge on any atom is -0.410 e. The van der Waals surface area contributed by atoms with E-state index in [1.807, 2.05) is 24.3 Å². The second-order valence-electron chi connectivity index (χ2n) is 6.25. The van der Waals surface area contributed by atoms with E-state index < -0.39 is 0 Å². The number of para-hydroxylation sites is 1. The Labute approximate surface area is 143 Å². The highest BCUT2D eigenvalue weighted by molar-refractivity contribution is 5.70. The number of benzene rings is 2. The first-order chi connectivity index (χ1) is 11.7. The molecule has 4 heteroatoms. The fourth-order valence-corrected chi connectivity index (χ4v) is 3.06. The second kappa shape index (κ2) is 7.97. The van der Waals surface area contributed by atoms with Gasteiger partial charge in [-0.05, 0) is 31.0 Å². The van der Waals surface area contributed by atoms with Crippen LogP contribution in [0.2, 0.25) is 0 Å². The average Bonchev–Trinajstić information content (AvgIpc) is 2.62. The molecule has 0 aromatic heterocycles. The van der Waals surface area contributed by atoms with Crippen LogP contribution < -0.4 is 4.74 Å². The van der Waals surface area contributed by atoms with Crippen molar-refractivity contribution >= 4 is 6.09 Å². The molecule has 2 aromatic carbocycles. The number of carbonyl (C=O) groups is 1. The van der Waals surface area contributed by atoms with Gasteiger partial charge < -0.3 is 9.64 Å². The van der Waals surface area contributed by atoms with Gasteiger partial charge in [-0.15, -0.1) is 0 Å². The summed E-state index contributed by atoms with van der Waals surface area (Å²) in [6, 6.07) is 20.1. The SMILES string of the molecule is CC1CN(C(=O)Oc2ccccc2)CCN1CCc1ccccc1. The molecule has 4 nitrogen and oxygen atoms in total. The Bertz CT molecular complexity index is 645. The molecule has 1 aliphatic heterocycles. The highest BCUT2D eigenvalue weighted by atomic mass is 16.6. The molecular weight excluding hydrogens is 300 g/mol. The van der Waals surface area contributed by atoms with E-state index >= 15 is 0 Å². The van der Waals surface area contributed by atoms with E-state index in [1.54, 1.807) is 17.0 Å². The fourth-order valence-electron chi connectivity index (χ4n) is 3.06. The topological polar surface area (TPSA) is 32.8 Å². The summed E-state index contributed by atoms with van der Waals surface area (Å²) in [7, 11) is 0. The Balaban J connectivity index is 1.48. The van der Waals surface area contributed by atoms with Crippen molar-refractivity contribution in [2.75, 3.05) is 26.2 Å². The van der Waals surface area contributed by atoms with Gasteiger partial charge in [0, 0.05) is 32.2 Å². The van der Waals surface area contributed by atoms with Gasteiger partial charge in [-0.25, -0.2) is 4.79 Å². The average molecular weight is 324 g/mol. The Morgan fingerprint density at radius 1 is 1.04 bits per heavy atom. The summed E-state index contributed by atoms with van der Waals surface area (Å²) in [5.74, 6) is 0.599. The molecule has 0 bridgehead atoms. The van der Waals surface area contributed by atoms with Gasteiger partial charge >= 0.3 is 6.09 Å². The van der Waals surface area contributed by atoms with E-state index in [4.69, 9.17) is 4.74 Å². The minimum absolute atomic E-state index is 0.254. The number of hydrogen-bond donors (Lipinski definition) is 0. The maximum absolute atomic E-state index is 12.3. The Hall–Kier alpha value is -2.33. The molecule has 0 saturated carbocycles. The first-order valence-corrected chi connectivity index (χ1v) is 8.52. The molecule has 2 aromatic rings. The second-order valence-corrected chi connectivity index (χ2v) is 6.25. The van der Waals surface area contributed by atoms with Crippen LogP contribution in [0.1, 0.15) is 12.5 Å². The number of nitrogens with zero attached hydrogens (tertiary/aromatic N) is 2. The Morgan fingerprint density at radius 3 is 2.38 bits per heavy atom. The van der Waals surface area contributed by atoms with Gasteiger partial charge in [-0.2, -0.15) is 0 Å². The Morgan fingerprint density at radius 2 is 1.71 bits per heavy atom. The molecule has 3 rings (SSSR count). The number of amides is 1. The van der Waals surface area contributed by atoms with Crippen molar-refractivity contribution in [2.24, 2.45) is 0 Å². The maximum Gasteiger partial charge on any atom is 0.415 e. The molecule has 0 radical (unpaired) electrons. The zero-order chi connectivity index (χ0) is 16.8. The summed E-state index contributed by atoms with van der Waals surface area (Å²) in [4.78, 5) is 16.5. The van der Waals surface area contributed by atoms with Gasteiger partial charge in [0.15, 0.2) is 0 Å². The first kappa shape index (κ1) is 16.5. The number of ether oxygens (including phenoxy) is 1. The van der Waals surface area contributed by atoms with Crippen LogP contribution in [0.25, 0.3) is 0 Å². The summed E-state index contributed by atoms with van der Waals surface area (Å²) in [6.45, 7) is 5.50.